The molecule has 3 nitrogen and oxygen atoms in total. The minimum atomic E-state index is -0.227. The number of hydrazine groups is 1. The fourth-order valence-electron chi connectivity index (χ4n) is 2.17. The quantitative estimate of drug-likeness (QED) is 0.664. The molecule has 94 valence electrons. The van der Waals surface area contributed by atoms with Gasteiger partial charge in [0, 0.05) is 29.3 Å². The first-order chi connectivity index (χ1) is 8.20. The van der Waals surface area contributed by atoms with Crippen molar-refractivity contribution >= 4 is 15.9 Å². The van der Waals surface area contributed by atoms with Crippen molar-refractivity contribution in [3.05, 3.63) is 34.1 Å². The number of ether oxygens (including phenoxy) is 1. The van der Waals surface area contributed by atoms with Gasteiger partial charge in [-0.15, -0.1) is 0 Å². The molecule has 1 aliphatic rings. The number of halogens is 2. The maximum absolute atomic E-state index is 13.7. The lowest BCUT2D eigenvalue weighted by Gasteiger charge is -2.20. The third-order valence-electron chi connectivity index (χ3n) is 3.13. The second-order valence-electron chi connectivity index (χ2n) is 4.35. The number of rotatable bonds is 4. The zero-order valence-corrected chi connectivity index (χ0v) is 11.0. The normalized spacial score (nSPS) is 21.7. The Morgan fingerprint density at radius 2 is 2.41 bits per heavy atom. The summed E-state index contributed by atoms with van der Waals surface area (Å²) < 4.78 is 19.9. The van der Waals surface area contributed by atoms with Gasteiger partial charge in [0.2, 0.25) is 0 Å². The lowest BCUT2D eigenvalue weighted by atomic mass is 9.94. The van der Waals surface area contributed by atoms with Crippen molar-refractivity contribution in [2.75, 3.05) is 13.2 Å². The Morgan fingerprint density at radius 1 is 1.59 bits per heavy atom. The van der Waals surface area contributed by atoms with E-state index in [1.54, 1.807) is 12.1 Å². The van der Waals surface area contributed by atoms with Crippen LogP contribution in [0.5, 0.6) is 0 Å². The Morgan fingerprint density at radius 3 is 3.06 bits per heavy atom. The molecule has 2 unspecified atom stereocenters. The lowest BCUT2D eigenvalue weighted by Crippen LogP contribution is -2.30. The van der Waals surface area contributed by atoms with Crippen LogP contribution in [0, 0.1) is 11.7 Å². The summed E-state index contributed by atoms with van der Waals surface area (Å²) in [5.74, 6) is 5.76. The number of hydrogen-bond donors (Lipinski definition) is 2. The van der Waals surface area contributed by atoms with E-state index in [0.717, 1.165) is 30.5 Å². The van der Waals surface area contributed by atoms with Crippen LogP contribution in [-0.4, -0.2) is 13.2 Å². The van der Waals surface area contributed by atoms with Gasteiger partial charge in [0.15, 0.2) is 0 Å². The first-order valence-electron chi connectivity index (χ1n) is 5.69. The zero-order chi connectivity index (χ0) is 12.3. The van der Waals surface area contributed by atoms with Crippen molar-refractivity contribution in [3.8, 4) is 0 Å². The summed E-state index contributed by atoms with van der Waals surface area (Å²) in [6.07, 6.45) is 1.82. The van der Waals surface area contributed by atoms with Gasteiger partial charge < -0.3 is 4.74 Å². The first kappa shape index (κ1) is 13.0. The molecule has 0 amide bonds. The molecule has 0 aliphatic carbocycles. The van der Waals surface area contributed by atoms with E-state index in [0.29, 0.717) is 11.5 Å². The molecule has 1 aromatic carbocycles. The molecule has 5 heteroatoms. The monoisotopic (exact) mass is 302 g/mol. The summed E-state index contributed by atoms with van der Waals surface area (Å²) in [6, 6.07) is 4.74. The molecule has 17 heavy (non-hydrogen) atoms. The summed E-state index contributed by atoms with van der Waals surface area (Å²) >= 11 is 3.35. The average molecular weight is 303 g/mol. The molecule has 0 radical (unpaired) electrons. The van der Waals surface area contributed by atoms with Crippen LogP contribution in [0.15, 0.2) is 22.7 Å². The van der Waals surface area contributed by atoms with Gasteiger partial charge in [-0.1, -0.05) is 15.9 Å². The van der Waals surface area contributed by atoms with Crippen molar-refractivity contribution in [3.63, 3.8) is 0 Å². The number of nitrogens with two attached hydrogens (primary N) is 1. The molecule has 2 atom stereocenters. The zero-order valence-electron chi connectivity index (χ0n) is 9.46. The molecule has 0 spiro atoms. The molecule has 1 saturated heterocycles. The van der Waals surface area contributed by atoms with Crippen LogP contribution in [0.1, 0.15) is 24.4 Å². The SMILES string of the molecule is NNC(CC1CCOC1)c1cc(Br)ccc1F. The van der Waals surface area contributed by atoms with Crippen LogP contribution in [-0.2, 0) is 4.74 Å². The van der Waals surface area contributed by atoms with Crippen molar-refractivity contribution in [1.82, 2.24) is 5.43 Å². The Kier molecular flexibility index (Phi) is 4.50. The molecule has 0 saturated carbocycles. The molecule has 3 N–H and O–H groups in total. The Balaban J connectivity index is 2.13. The summed E-state index contributed by atoms with van der Waals surface area (Å²) in [7, 11) is 0. The van der Waals surface area contributed by atoms with Gasteiger partial charge in [0.25, 0.3) is 0 Å². The van der Waals surface area contributed by atoms with Gasteiger partial charge in [0.1, 0.15) is 5.82 Å². The van der Waals surface area contributed by atoms with Crippen LogP contribution in [0.4, 0.5) is 4.39 Å². The Bertz CT molecular complexity index is 383. The number of nitrogens with one attached hydrogen (secondary N) is 1. The van der Waals surface area contributed by atoms with Gasteiger partial charge in [-0.2, -0.15) is 0 Å². The van der Waals surface area contributed by atoms with Gasteiger partial charge in [-0.3, -0.25) is 11.3 Å². The van der Waals surface area contributed by atoms with Crippen LogP contribution in [0.2, 0.25) is 0 Å². The molecular weight excluding hydrogens is 287 g/mol. The molecule has 0 aromatic heterocycles. The Labute approximate surface area is 109 Å². The fraction of sp³-hybridized carbons (Fsp3) is 0.500. The van der Waals surface area contributed by atoms with Gasteiger partial charge in [0.05, 0.1) is 0 Å². The van der Waals surface area contributed by atoms with Crippen LogP contribution in [0.3, 0.4) is 0 Å². The minimum Gasteiger partial charge on any atom is -0.381 e. The predicted octanol–water partition coefficient (Wildman–Crippen LogP) is 2.52. The number of hydrogen-bond acceptors (Lipinski definition) is 3. The van der Waals surface area contributed by atoms with Crippen LogP contribution >= 0.6 is 15.9 Å². The van der Waals surface area contributed by atoms with Crippen molar-refractivity contribution in [1.29, 1.82) is 0 Å². The average Bonchev–Trinajstić information content (AvgIpc) is 2.82. The number of benzene rings is 1. The second kappa shape index (κ2) is 5.91. The smallest absolute Gasteiger partial charge is 0.128 e. The highest BCUT2D eigenvalue weighted by Gasteiger charge is 2.23. The molecule has 2 rings (SSSR count). The second-order valence-corrected chi connectivity index (χ2v) is 5.27. The molecule has 1 fully saturated rings. The molecule has 1 aliphatic heterocycles. The summed E-state index contributed by atoms with van der Waals surface area (Å²) in [6.45, 7) is 1.54. The van der Waals surface area contributed by atoms with E-state index >= 15 is 0 Å². The van der Waals surface area contributed by atoms with Crippen molar-refractivity contribution in [2.45, 2.75) is 18.9 Å². The molecule has 1 aromatic rings. The maximum atomic E-state index is 13.7. The third-order valence-corrected chi connectivity index (χ3v) is 3.62. The standard InChI is InChI=1S/C12H16BrFN2O/c13-9-1-2-11(14)10(6-9)12(16-15)5-8-3-4-17-7-8/h1-2,6,8,12,16H,3-5,7,15H2. The van der Waals surface area contributed by atoms with Crippen LogP contribution in [0.25, 0.3) is 0 Å². The highest BCUT2D eigenvalue weighted by Crippen LogP contribution is 2.29. The lowest BCUT2D eigenvalue weighted by molar-refractivity contribution is 0.181. The van der Waals surface area contributed by atoms with Gasteiger partial charge in [-0.25, -0.2) is 4.39 Å². The van der Waals surface area contributed by atoms with Gasteiger partial charge >= 0.3 is 0 Å². The van der Waals surface area contributed by atoms with E-state index in [4.69, 9.17) is 10.6 Å². The highest BCUT2D eigenvalue weighted by molar-refractivity contribution is 9.10. The van der Waals surface area contributed by atoms with E-state index in [1.165, 1.54) is 6.07 Å². The summed E-state index contributed by atoms with van der Waals surface area (Å²) in [5, 5.41) is 0. The van der Waals surface area contributed by atoms with E-state index in [1.807, 2.05) is 0 Å². The highest BCUT2D eigenvalue weighted by atomic mass is 79.9. The topological polar surface area (TPSA) is 47.3 Å². The van der Waals surface area contributed by atoms with E-state index in [2.05, 4.69) is 21.4 Å². The third kappa shape index (κ3) is 3.25. The largest absolute Gasteiger partial charge is 0.381 e. The molecular formula is C12H16BrFN2O. The van der Waals surface area contributed by atoms with E-state index in [9.17, 15) is 4.39 Å². The van der Waals surface area contributed by atoms with Crippen LogP contribution < -0.4 is 11.3 Å². The maximum Gasteiger partial charge on any atom is 0.128 e. The van der Waals surface area contributed by atoms with Crippen molar-refractivity contribution < 1.29 is 9.13 Å². The molecule has 1 heterocycles. The first-order valence-corrected chi connectivity index (χ1v) is 6.49. The summed E-state index contributed by atoms with van der Waals surface area (Å²) in [5.41, 5.74) is 3.30. The predicted molar refractivity (Wildman–Crippen MR) is 67.7 cm³/mol. The summed E-state index contributed by atoms with van der Waals surface area (Å²) in [4.78, 5) is 0. The molecule has 0 bridgehead atoms. The van der Waals surface area contributed by atoms with Gasteiger partial charge in [-0.05, 0) is 37.0 Å². The fourth-order valence-corrected chi connectivity index (χ4v) is 2.55. The Hall–Kier alpha value is -0.490. The minimum absolute atomic E-state index is 0.167. The van der Waals surface area contributed by atoms with E-state index < -0.39 is 0 Å². The van der Waals surface area contributed by atoms with E-state index in [-0.39, 0.29) is 11.9 Å². The van der Waals surface area contributed by atoms with Crippen molar-refractivity contribution in [2.24, 2.45) is 11.8 Å².